The third kappa shape index (κ3) is 3.61. The molecule has 0 radical (unpaired) electrons. The molecule has 6 nitrogen and oxygen atoms in total. The molecule has 24 heavy (non-hydrogen) atoms. The Bertz CT molecular complexity index is 894. The number of carbonyl (C=O) groups is 1. The number of rotatable bonds is 4. The van der Waals surface area contributed by atoms with Crippen LogP contribution < -0.4 is 5.43 Å². The smallest absolute Gasteiger partial charge is 0.291 e. The summed E-state index contributed by atoms with van der Waals surface area (Å²) in [5.41, 5.74) is 3.18. The van der Waals surface area contributed by atoms with Crippen LogP contribution in [0.1, 0.15) is 16.2 Å². The SMILES string of the molecule is O=C(N/N=C/c1ccc(-c2cccc(Cl)c2Cl)o1)c1cnccn1. The van der Waals surface area contributed by atoms with Crippen molar-refractivity contribution < 1.29 is 9.21 Å². The molecule has 0 fully saturated rings. The fourth-order valence-electron chi connectivity index (χ4n) is 1.89. The summed E-state index contributed by atoms with van der Waals surface area (Å²) >= 11 is 12.1. The van der Waals surface area contributed by atoms with Gasteiger partial charge >= 0.3 is 0 Å². The van der Waals surface area contributed by atoms with Crippen molar-refractivity contribution in [1.82, 2.24) is 15.4 Å². The first-order valence-electron chi connectivity index (χ1n) is 6.79. The number of hydrogen-bond acceptors (Lipinski definition) is 5. The van der Waals surface area contributed by atoms with Crippen molar-refractivity contribution in [2.24, 2.45) is 5.10 Å². The van der Waals surface area contributed by atoms with Crippen LogP contribution in [-0.4, -0.2) is 22.1 Å². The lowest BCUT2D eigenvalue weighted by Crippen LogP contribution is -2.18. The van der Waals surface area contributed by atoms with E-state index in [1.807, 2.05) is 0 Å². The molecule has 0 aliphatic rings. The largest absolute Gasteiger partial charge is 0.455 e. The fourth-order valence-corrected chi connectivity index (χ4v) is 2.28. The first kappa shape index (κ1) is 16.2. The summed E-state index contributed by atoms with van der Waals surface area (Å²) in [6.45, 7) is 0. The van der Waals surface area contributed by atoms with Crippen LogP contribution >= 0.6 is 23.2 Å². The molecule has 1 N–H and O–H groups in total. The Morgan fingerprint density at radius 3 is 2.88 bits per heavy atom. The highest BCUT2D eigenvalue weighted by Gasteiger charge is 2.10. The maximum Gasteiger partial charge on any atom is 0.291 e. The number of hydrazone groups is 1. The number of carbonyl (C=O) groups excluding carboxylic acids is 1. The average molecular weight is 361 g/mol. The molecule has 120 valence electrons. The summed E-state index contributed by atoms with van der Waals surface area (Å²) in [6.07, 6.45) is 5.62. The summed E-state index contributed by atoms with van der Waals surface area (Å²) < 4.78 is 5.62. The molecule has 0 saturated heterocycles. The van der Waals surface area contributed by atoms with Crippen LogP contribution in [0.25, 0.3) is 11.3 Å². The highest BCUT2D eigenvalue weighted by atomic mass is 35.5. The molecule has 0 unspecified atom stereocenters. The molecule has 1 aromatic carbocycles. The van der Waals surface area contributed by atoms with E-state index in [0.29, 0.717) is 27.1 Å². The molecule has 2 aromatic heterocycles. The molecule has 2 heterocycles. The van der Waals surface area contributed by atoms with E-state index in [1.54, 1.807) is 30.3 Å². The van der Waals surface area contributed by atoms with Crippen LogP contribution in [0.2, 0.25) is 10.0 Å². The zero-order valence-corrected chi connectivity index (χ0v) is 13.6. The maximum atomic E-state index is 11.8. The fraction of sp³-hybridized carbons (Fsp3) is 0. The number of benzene rings is 1. The Balaban J connectivity index is 1.70. The number of nitrogens with zero attached hydrogens (tertiary/aromatic N) is 3. The van der Waals surface area contributed by atoms with E-state index < -0.39 is 5.91 Å². The van der Waals surface area contributed by atoms with Crippen molar-refractivity contribution in [2.45, 2.75) is 0 Å². The van der Waals surface area contributed by atoms with E-state index >= 15 is 0 Å². The summed E-state index contributed by atoms with van der Waals surface area (Å²) in [5.74, 6) is 0.522. The van der Waals surface area contributed by atoms with Gasteiger partial charge in [-0.3, -0.25) is 9.78 Å². The van der Waals surface area contributed by atoms with Gasteiger partial charge in [0.1, 0.15) is 17.2 Å². The molecule has 0 saturated carbocycles. The van der Waals surface area contributed by atoms with Crippen molar-refractivity contribution in [3.8, 4) is 11.3 Å². The minimum absolute atomic E-state index is 0.167. The monoisotopic (exact) mass is 360 g/mol. The van der Waals surface area contributed by atoms with E-state index in [-0.39, 0.29) is 5.69 Å². The Labute approximate surface area is 147 Å². The summed E-state index contributed by atoms with van der Waals surface area (Å²) in [5, 5.41) is 4.67. The molecule has 1 amide bonds. The summed E-state index contributed by atoms with van der Waals surface area (Å²) in [7, 11) is 0. The van der Waals surface area contributed by atoms with Crippen molar-refractivity contribution in [3.05, 3.63) is 70.4 Å². The highest BCUT2D eigenvalue weighted by Crippen LogP contribution is 2.34. The summed E-state index contributed by atoms with van der Waals surface area (Å²) in [4.78, 5) is 19.4. The number of hydrogen-bond donors (Lipinski definition) is 1. The van der Waals surface area contributed by atoms with Crippen LogP contribution in [0.4, 0.5) is 0 Å². The lowest BCUT2D eigenvalue weighted by atomic mass is 10.2. The van der Waals surface area contributed by atoms with Crippen molar-refractivity contribution >= 4 is 35.3 Å². The van der Waals surface area contributed by atoms with Gasteiger partial charge in [0.15, 0.2) is 0 Å². The van der Waals surface area contributed by atoms with Gasteiger partial charge in [0.05, 0.1) is 22.5 Å². The predicted molar refractivity (Wildman–Crippen MR) is 91.3 cm³/mol. The van der Waals surface area contributed by atoms with Gasteiger partial charge in [-0.25, -0.2) is 10.4 Å². The number of nitrogens with one attached hydrogen (secondary N) is 1. The van der Waals surface area contributed by atoms with Crippen molar-refractivity contribution in [3.63, 3.8) is 0 Å². The standard InChI is InChI=1S/C16H10Cl2N4O2/c17-12-3-1-2-11(15(12)18)14-5-4-10(24-14)8-21-22-16(23)13-9-19-6-7-20-13/h1-9H,(H,22,23)/b21-8+. The second kappa shape index (κ2) is 7.25. The molecular weight excluding hydrogens is 351 g/mol. The van der Waals surface area contributed by atoms with E-state index in [0.717, 1.165) is 0 Å². The second-order valence-electron chi connectivity index (χ2n) is 4.59. The molecular formula is C16H10Cl2N4O2. The van der Waals surface area contributed by atoms with Crippen LogP contribution in [-0.2, 0) is 0 Å². The molecule has 0 atom stereocenters. The van der Waals surface area contributed by atoms with Gasteiger partial charge in [0.25, 0.3) is 5.91 Å². The second-order valence-corrected chi connectivity index (χ2v) is 5.38. The van der Waals surface area contributed by atoms with Gasteiger partial charge < -0.3 is 4.42 Å². The summed E-state index contributed by atoms with van der Waals surface area (Å²) in [6, 6.07) is 8.71. The normalized spacial score (nSPS) is 10.9. The first-order chi connectivity index (χ1) is 11.6. The molecule has 3 aromatic rings. The van der Waals surface area contributed by atoms with E-state index in [4.69, 9.17) is 27.6 Å². The highest BCUT2D eigenvalue weighted by molar-refractivity contribution is 6.43. The Morgan fingerprint density at radius 1 is 1.21 bits per heavy atom. The molecule has 0 bridgehead atoms. The minimum atomic E-state index is -0.469. The van der Waals surface area contributed by atoms with E-state index in [9.17, 15) is 4.79 Å². The first-order valence-corrected chi connectivity index (χ1v) is 7.54. The Kier molecular flexibility index (Phi) is 4.88. The predicted octanol–water partition coefficient (Wildman–Crippen LogP) is 3.81. The molecule has 3 rings (SSSR count). The van der Waals surface area contributed by atoms with Crippen LogP contribution in [0, 0.1) is 0 Å². The van der Waals surface area contributed by atoms with E-state index in [1.165, 1.54) is 24.8 Å². The minimum Gasteiger partial charge on any atom is -0.455 e. The van der Waals surface area contributed by atoms with Crippen LogP contribution in [0.3, 0.4) is 0 Å². The van der Waals surface area contributed by atoms with Crippen LogP contribution in [0.5, 0.6) is 0 Å². The lowest BCUT2D eigenvalue weighted by Gasteiger charge is -2.01. The lowest BCUT2D eigenvalue weighted by molar-refractivity contribution is 0.0949. The average Bonchev–Trinajstić information content (AvgIpc) is 3.06. The maximum absolute atomic E-state index is 11.8. The molecule has 8 heteroatoms. The topological polar surface area (TPSA) is 80.4 Å². The van der Waals surface area contributed by atoms with E-state index in [2.05, 4.69) is 20.5 Å². The molecule has 0 aliphatic carbocycles. The third-order valence-electron chi connectivity index (χ3n) is 3.00. The van der Waals surface area contributed by atoms with Gasteiger partial charge in [-0.2, -0.15) is 5.10 Å². The van der Waals surface area contributed by atoms with Crippen molar-refractivity contribution in [1.29, 1.82) is 0 Å². The quantitative estimate of drug-likeness (QED) is 0.566. The van der Waals surface area contributed by atoms with Gasteiger partial charge in [0.2, 0.25) is 0 Å². The van der Waals surface area contributed by atoms with Gasteiger partial charge in [-0.1, -0.05) is 29.3 Å². The Hall–Kier alpha value is -2.70. The van der Waals surface area contributed by atoms with Crippen molar-refractivity contribution in [2.75, 3.05) is 0 Å². The van der Waals surface area contributed by atoms with Gasteiger partial charge in [-0.15, -0.1) is 0 Å². The number of furan rings is 1. The van der Waals surface area contributed by atoms with Crippen LogP contribution in [0.15, 0.2) is 58.4 Å². The number of amides is 1. The number of halogens is 2. The number of aromatic nitrogens is 2. The van der Waals surface area contributed by atoms with Gasteiger partial charge in [0, 0.05) is 18.0 Å². The van der Waals surface area contributed by atoms with Gasteiger partial charge in [-0.05, 0) is 24.3 Å². The zero-order chi connectivity index (χ0) is 16.9. The molecule has 0 spiro atoms. The Morgan fingerprint density at radius 2 is 2.08 bits per heavy atom. The third-order valence-corrected chi connectivity index (χ3v) is 3.82. The zero-order valence-electron chi connectivity index (χ0n) is 12.1. The molecule has 0 aliphatic heterocycles.